The Kier molecular flexibility index (Phi) is 4.32. The van der Waals surface area contributed by atoms with E-state index in [1.165, 1.54) is 28.3 Å². The molecule has 1 atom stereocenters. The van der Waals surface area contributed by atoms with Crippen LogP contribution in [0.5, 0.6) is 0 Å². The van der Waals surface area contributed by atoms with Crippen molar-refractivity contribution in [2.45, 2.75) is 46.0 Å². The first-order chi connectivity index (χ1) is 10.5. The number of carbonyl (C=O) groups is 1. The van der Waals surface area contributed by atoms with Gasteiger partial charge in [-0.1, -0.05) is 0 Å². The molecule has 0 spiro atoms. The van der Waals surface area contributed by atoms with Crippen molar-refractivity contribution in [3.05, 3.63) is 31.2 Å². The highest BCUT2D eigenvalue weighted by molar-refractivity contribution is 7.13. The molecule has 2 aromatic rings. The number of amides is 1. The first-order valence-corrected chi connectivity index (χ1v) is 9.24. The molecule has 0 unspecified atom stereocenters. The van der Waals surface area contributed by atoms with E-state index in [1.54, 1.807) is 0 Å². The Labute approximate surface area is 139 Å². The predicted octanol–water partition coefficient (Wildman–Crippen LogP) is 3.72. The third-order valence-electron chi connectivity index (χ3n) is 4.12. The van der Waals surface area contributed by atoms with Gasteiger partial charge in [-0.25, -0.2) is 9.97 Å². The number of hydrogen-bond acceptors (Lipinski definition) is 5. The highest BCUT2D eigenvalue weighted by atomic mass is 32.1. The first kappa shape index (κ1) is 15.6. The topological polar surface area (TPSA) is 46.1 Å². The summed E-state index contributed by atoms with van der Waals surface area (Å²) in [6.45, 7) is 6.66. The molecule has 3 rings (SSSR count). The molecule has 0 radical (unpaired) electrons. The SMILES string of the molecule is Cc1nc2c(s1)CCC[C@@H]2CN(C)C(=O)c1sc(C)nc1C. The molecular weight excluding hydrogens is 314 g/mol. The van der Waals surface area contributed by atoms with Crippen LogP contribution < -0.4 is 0 Å². The molecule has 2 aromatic heterocycles. The maximum absolute atomic E-state index is 12.6. The van der Waals surface area contributed by atoms with Gasteiger partial charge in [0, 0.05) is 24.4 Å². The fourth-order valence-corrected chi connectivity index (χ4v) is 5.10. The second-order valence-corrected chi connectivity index (χ2v) is 8.45. The Morgan fingerprint density at radius 3 is 2.64 bits per heavy atom. The van der Waals surface area contributed by atoms with Crippen molar-refractivity contribution in [3.8, 4) is 0 Å². The summed E-state index contributed by atoms with van der Waals surface area (Å²) in [6.07, 6.45) is 3.46. The van der Waals surface area contributed by atoms with Crippen LogP contribution in [0.2, 0.25) is 0 Å². The van der Waals surface area contributed by atoms with Crippen molar-refractivity contribution in [2.75, 3.05) is 13.6 Å². The van der Waals surface area contributed by atoms with Crippen molar-refractivity contribution >= 4 is 28.6 Å². The van der Waals surface area contributed by atoms with Gasteiger partial charge in [0.15, 0.2) is 0 Å². The molecule has 0 saturated carbocycles. The monoisotopic (exact) mass is 335 g/mol. The summed E-state index contributed by atoms with van der Waals surface area (Å²) in [5.41, 5.74) is 2.07. The summed E-state index contributed by atoms with van der Waals surface area (Å²) in [7, 11) is 1.89. The van der Waals surface area contributed by atoms with E-state index in [0.717, 1.165) is 40.0 Å². The average Bonchev–Trinajstić information content (AvgIpc) is 3.00. The van der Waals surface area contributed by atoms with Crippen LogP contribution in [0.4, 0.5) is 0 Å². The Morgan fingerprint density at radius 1 is 1.23 bits per heavy atom. The van der Waals surface area contributed by atoms with E-state index in [-0.39, 0.29) is 5.91 Å². The van der Waals surface area contributed by atoms with Crippen LogP contribution in [0.1, 0.15) is 54.7 Å². The zero-order chi connectivity index (χ0) is 15.9. The molecule has 118 valence electrons. The van der Waals surface area contributed by atoms with Gasteiger partial charge in [-0.3, -0.25) is 4.79 Å². The molecule has 0 aromatic carbocycles. The van der Waals surface area contributed by atoms with E-state index in [2.05, 4.69) is 11.9 Å². The van der Waals surface area contributed by atoms with Gasteiger partial charge in [0.1, 0.15) is 4.88 Å². The van der Waals surface area contributed by atoms with E-state index in [1.807, 2.05) is 37.1 Å². The number of rotatable bonds is 3. The molecule has 1 aliphatic rings. The molecule has 0 aliphatic heterocycles. The van der Waals surface area contributed by atoms with Crippen LogP contribution in [0.3, 0.4) is 0 Å². The van der Waals surface area contributed by atoms with E-state index >= 15 is 0 Å². The van der Waals surface area contributed by atoms with Crippen LogP contribution >= 0.6 is 22.7 Å². The second kappa shape index (κ2) is 6.08. The highest BCUT2D eigenvalue weighted by Gasteiger charge is 2.27. The summed E-state index contributed by atoms with van der Waals surface area (Å²) in [5.74, 6) is 0.458. The van der Waals surface area contributed by atoms with Crippen molar-refractivity contribution in [1.82, 2.24) is 14.9 Å². The lowest BCUT2D eigenvalue weighted by Crippen LogP contribution is -2.32. The maximum Gasteiger partial charge on any atom is 0.265 e. The number of nitrogens with zero attached hydrogens (tertiary/aromatic N) is 3. The molecule has 22 heavy (non-hydrogen) atoms. The molecular formula is C16H21N3OS2. The lowest BCUT2D eigenvalue weighted by atomic mass is 9.90. The Hall–Kier alpha value is -1.27. The minimum Gasteiger partial charge on any atom is -0.340 e. The number of hydrogen-bond donors (Lipinski definition) is 0. The summed E-state index contributed by atoms with van der Waals surface area (Å²) in [5, 5.41) is 2.09. The van der Waals surface area contributed by atoms with Crippen LogP contribution in [0.15, 0.2) is 0 Å². The summed E-state index contributed by atoms with van der Waals surface area (Å²) >= 11 is 3.30. The molecule has 0 saturated heterocycles. The van der Waals surface area contributed by atoms with E-state index in [0.29, 0.717) is 5.92 Å². The standard InChI is InChI=1S/C16H21N3OS2/c1-9-15(22-10(2)17-9)16(20)19(4)8-12-6-5-7-13-14(12)18-11(3)21-13/h12H,5-8H2,1-4H3/t12-/m1/s1. The van der Waals surface area contributed by atoms with Crippen molar-refractivity contribution in [1.29, 1.82) is 0 Å². The fourth-order valence-electron chi connectivity index (χ4n) is 3.12. The summed E-state index contributed by atoms with van der Waals surface area (Å²) in [6, 6.07) is 0. The smallest absolute Gasteiger partial charge is 0.265 e. The Bertz CT molecular complexity index is 704. The van der Waals surface area contributed by atoms with Gasteiger partial charge in [0.25, 0.3) is 5.91 Å². The van der Waals surface area contributed by atoms with Gasteiger partial charge in [-0.05, 0) is 40.0 Å². The number of fused-ring (bicyclic) bond motifs is 1. The minimum atomic E-state index is 0.0853. The third kappa shape index (κ3) is 2.94. The number of likely N-dealkylation sites (N-methyl/N-ethyl adjacent to an activating group) is 1. The van der Waals surface area contributed by atoms with Crippen LogP contribution in [0, 0.1) is 20.8 Å². The number of thiazole rings is 2. The maximum atomic E-state index is 12.6. The summed E-state index contributed by atoms with van der Waals surface area (Å²) in [4.78, 5) is 25.7. The van der Waals surface area contributed by atoms with E-state index in [4.69, 9.17) is 4.98 Å². The first-order valence-electron chi connectivity index (χ1n) is 7.61. The Balaban J connectivity index is 1.76. The second-order valence-electron chi connectivity index (χ2n) is 5.96. The molecule has 2 heterocycles. The molecule has 0 fully saturated rings. The minimum absolute atomic E-state index is 0.0853. The van der Waals surface area contributed by atoms with Crippen molar-refractivity contribution in [2.24, 2.45) is 0 Å². The predicted molar refractivity (Wildman–Crippen MR) is 91.1 cm³/mol. The van der Waals surface area contributed by atoms with Crippen LogP contribution in [-0.4, -0.2) is 34.4 Å². The quantitative estimate of drug-likeness (QED) is 0.859. The molecule has 0 N–H and O–H groups in total. The van der Waals surface area contributed by atoms with Gasteiger partial charge in [0.2, 0.25) is 0 Å². The number of carbonyl (C=O) groups excluding carboxylic acids is 1. The molecule has 1 aliphatic carbocycles. The average molecular weight is 335 g/mol. The third-order valence-corrected chi connectivity index (χ3v) is 6.22. The molecule has 0 bridgehead atoms. The molecule has 4 nitrogen and oxygen atoms in total. The zero-order valence-corrected chi connectivity index (χ0v) is 15.1. The van der Waals surface area contributed by atoms with Gasteiger partial charge in [-0.15, -0.1) is 22.7 Å². The summed E-state index contributed by atoms with van der Waals surface area (Å²) < 4.78 is 0. The van der Waals surface area contributed by atoms with Gasteiger partial charge in [0.05, 0.1) is 21.4 Å². The zero-order valence-electron chi connectivity index (χ0n) is 13.5. The Morgan fingerprint density at radius 2 is 1.95 bits per heavy atom. The molecule has 6 heteroatoms. The van der Waals surface area contributed by atoms with Crippen molar-refractivity contribution in [3.63, 3.8) is 0 Å². The van der Waals surface area contributed by atoms with Gasteiger partial charge >= 0.3 is 0 Å². The van der Waals surface area contributed by atoms with Gasteiger partial charge < -0.3 is 4.90 Å². The lowest BCUT2D eigenvalue weighted by molar-refractivity contribution is 0.0787. The van der Waals surface area contributed by atoms with E-state index in [9.17, 15) is 4.79 Å². The largest absolute Gasteiger partial charge is 0.340 e. The fraction of sp³-hybridized carbons (Fsp3) is 0.562. The van der Waals surface area contributed by atoms with Crippen LogP contribution in [0.25, 0.3) is 0 Å². The highest BCUT2D eigenvalue weighted by Crippen LogP contribution is 2.35. The van der Waals surface area contributed by atoms with E-state index < -0.39 is 0 Å². The van der Waals surface area contributed by atoms with Gasteiger partial charge in [-0.2, -0.15) is 0 Å². The lowest BCUT2D eigenvalue weighted by Gasteiger charge is -2.26. The normalized spacial score (nSPS) is 17.4. The van der Waals surface area contributed by atoms with Crippen molar-refractivity contribution < 1.29 is 4.79 Å². The van der Waals surface area contributed by atoms with Crippen LogP contribution in [-0.2, 0) is 6.42 Å². The number of aromatic nitrogens is 2. The number of aryl methyl sites for hydroxylation is 4. The molecule has 1 amide bonds.